The fraction of sp³-hybridized carbons (Fsp3) is 0.650. The highest BCUT2D eigenvalue weighted by Crippen LogP contribution is 2.46. The Morgan fingerprint density at radius 1 is 1.32 bits per heavy atom. The predicted molar refractivity (Wildman–Crippen MR) is 98.0 cm³/mol. The number of aryl methyl sites for hydroxylation is 1. The second-order valence-corrected chi connectivity index (χ2v) is 7.19. The minimum Gasteiger partial charge on any atom is -0.497 e. The van der Waals surface area contributed by atoms with E-state index < -0.39 is 0 Å². The molecular weight excluding hydrogens is 318 g/mol. The van der Waals surface area contributed by atoms with Crippen molar-refractivity contribution in [3.05, 3.63) is 29.3 Å². The Labute approximate surface area is 150 Å². The van der Waals surface area contributed by atoms with Crippen molar-refractivity contribution in [1.29, 1.82) is 0 Å². The van der Waals surface area contributed by atoms with Crippen LogP contribution in [0.1, 0.15) is 43.2 Å². The van der Waals surface area contributed by atoms with Crippen molar-refractivity contribution in [2.24, 2.45) is 5.41 Å². The third-order valence-corrected chi connectivity index (χ3v) is 5.74. The first-order valence-corrected chi connectivity index (χ1v) is 9.05. The molecule has 1 heterocycles. The number of methoxy groups -OCH3 is 2. The number of benzene rings is 1. The molecule has 1 N–H and O–H groups in total. The van der Waals surface area contributed by atoms with Gasteiger partial charge in [0.05, 0.1) is 13.2 Å². The van der Waals surface area contributed by atoms with E-state index in [0.29, 0.717) is 11.5 Å². The van der Waals surface area contributed by atoms with E-state index in [-0.39, 0.29) is 6.47 Å². The number of hydrogen-bond donors (Lipinski definition) is 1. The van der Waals surface area contributed by atoms with E-state index in [1.807, 2.05) is 7.11 Å². The van der Waals surface area contributed by atoms with Gasteiger partial charge >= 0.3 is 0 Å². The molecule has 0 aromatic heterocycles. The number of carboxylic acid groups (broad SMARTS) is 1. The lowest BCUT2D eigenvalue weighted by molar-refractivity contribution is -0.122. The number of rotatable bonds is 4. The molecule has 2 fully saturated rings. The summed E-state index contributed by atoms with van der Waals surface area (Å²) in [6.07, 6.45) is 7.01. The van der Waals surface area contributed by atoms with Gasteiger partial charge in [0.2, 0.25) is 0 Å². The average Bonchev–Trinajstić information content (AvgIpc) is 2.99. The number of likely N-dealkylation sites (tertiary alicyclic amines) is 1. The van der Waals surface area contributed by atoms with Crippen molar-refractivity contribution in [2.75, 3.05) is 27.3 Å². The van der Waals surface area contributed by atoms with Crippen LogP contribution in [-0.2, 0) is 16.1 Å². The number of piperidine rings is 1. The molecular formula is C20H31NO4. The molecule has 25 heavy (non-hydrogen) atoms. The zero-order valence-electron chi connectivity index (χ0n) is 15.7. The lowest BCUT2D eigenvalue weighted by Crippen LogP contribution is -2.47. The molecule has 2 atom stereocenters. The van der Waals surface area contributed by atoms with Gasteiger partial charge in [0.25, 0.3) is 6.47 Å². The summed E-state index contributed by atoms with van der Waals surface area (Å²) in [4.78, 5) is 11.0. The fourth-order valence-corrected chi connectivity index (χ4v) is 4.55. The standard InChI is InChI=1S/C19H29NO2.CH2O2/c1-15-12-17(21-2)8-7-16(15)13-20-11-5-10-19(14-20)9-4-6-18(19)22-3;2-1-3/h7-8,12,18H,4-6,9-11,13-14H2,1-3H3;1H,(H,2,3)/t18-,19-;/m1./s1. The molecule has 1 aromatic carbocycles. The van der Waals surface area contributed by atoms with Crippen molar-refractivity contribution in [2.45, 2.75) is 51.7 Å². The molecule has 5 nitrogen and oxygen atoms in total. The average molecular weight is 349 g/mol. The SMILES string of the molecule is COc1ccc(CN2CCC[C@]3(CCC[C@H]3OC)C2)c(C)c1.O=CO. The highest BCUT2D eigenvalue weighted by molar-refractivity contribution is 5.34. The zero-order valence-corrected chi connectivity index (χ0v) is 15.7. The van der Waals surface area contributed by atoms with Crippen molar-refractivity contribution < 1.29 is 19.4 Å². The largest absolute Gasteiger partial charge is 0.497 e. The van der Waals surface area contributed by atoms with Gasteiger partial charge in [-0.3, -0.25) is 9.69 Å². The van der Waals surface area contributed by atoms with Crippen LogP contribution in [0.5, 0.6) is 5.75 Å². The van der Waals surface area contributed by atoms with Crippen LogP contribution >= 0.6 is 0 Å². The first-order valence-electron chi connectivity index (χ1n) is 9.05. The number of nitrogens with zero attached hydrogens (tertiary/aromatic N) is 1. The molecule has 0 radical (unpaired) electrons. The normalized spacial score (nSPS) is 26.1. The summed E-state index contributed by atoms with van der Waals surface area (Å²) < 4.78 is 11.1. The monoisotopic (exact) mass is 349 g/mol. The van der Waals surface area contributed by atoms with Crippen molar-refractivity contribution in [3.8, 4) is 5.75 Å². The van der Waals surface area contributed by atoms with Crippen LogP contribution in [-0.4, -0.2) is 49.9 Å². The molecule has 1 aliphatic heterocycles. The molecule has 140 valence electrons. The molecule has 0 unspecified atom stereocenters. The molecule has 1 aromatic rings. The molecule has 5 heteroatoms. The Bertz CT molecular complexity index is 563. The Hall–Kier alpha value is -1.59. The highest BCUT2D eigenvalue weighted by atomic mass is 16.5. The second-order valence-electron chi connectivity index (χ2n) is 7.19. The number of ether oxygens (including phenoxy) is 2. The van der Waals surface area contributed by atoms with Crippen molar-refractivity contribution in [3.63, 3.8) is 0 Å². The van der Waals surface area contributed by atoms with Crippen molar-refractivity contribution in [1.82, 2.24) is 4.90 Å². The Morgan fingerprint density at radius 3 is 2.68 bits per heavy atom. The Morgan fingerprint density at radius 2 is 2.04 bits per heavy atom. The first-order chi connectivity index (χ1) is 12.1. The van der Waals surface area contributed by atoms with Gasteiger partial charge in [-0.15, -0.1) is 0 Å². The van der Waals surface area contributed by atoms with Gasteiger partial charge in [-0.1, -0.05) is 12.5 Å². The van der Waals surface area contributed by atoms with E-state index in [2.05, 4.69) is 30.0 Å². The second kappa shape index (κ2) is 9.20. The quantitative estimate of drug-likeness (QED) is 0.843. The van der Waals surface area contributed by atoms with Gasteiger partial charge in [0.1, 0.15) is 5.75 Å². The minimum absolute atomic E-state index is 0.250. The molecule has 2 aliphatic rings. The maximum absolute atomic E-state index is 8.36. The van der Waals surface area contributed by atoms with Crippen LogP contribution in [0.2, 0.25) is 0 Å². The molecule has 1 saturated carbocycles. The lowest BCUT2D eigenvalue weighted by Gasteiger charge is -2.44. The van der Waals surface area contributed by atoms with Gasteiger partial charge in [-0.05, 0) is 62.4 Å². The highest BCUT2D eigenvalue weighted by Gasteiger charge is 2.45. The van der Waals surface area contributed by atoms with Crippen LogP contribution in [0.3, 0.4) is 0 Å². The molecule has 3 rings (SSSR count). The van der Waals surface area contributed by atoms with Crippen LogP contribution in [0, 0.1) is 12.3 Å². The third-order valence-electron chi connectivity index (χ3n) is 5.74. The molecule has 1 aliphatic carbocycles. The van der Waals surface area contributed by atoms with Gasteiger partial charge in [0.15, 0.2) is 0 Å². The summed E-state index contributed by atoms with van der Waals surface area (Å²) in [6.45, 7) is 5.39. The summed E-state index contributed by atoms with van der Waals surface area (Å²) in [5.74, 6) is 0.951. The van der Waals surface area contributed by atoms with E-state index in [1.165, 1.54) is 56.3 Å². The van der Waals surface area contributed by atoms with E-state index in [1.54, 1.807) is 7.11 Å². The van der Waals surface area contributed by atoms with E-state index in [9.17, 15) is 0 Å². The topological polar surface area (TPSA) is 59.0 Å². The maximum Gasteiger partial charge on any atom is 0.290 e. The summed E-state index contributed by atoms with van der Waals surface area (Å²) in [5.41, 5.74) is 3.16. The van der Waals surface area contributed by atoms with Crippen LogP contribution in [0.15, 0.2) is 18.2 Å². The summed E-state index contributed by atoms with van der Waals surface area (Å²) in [7, 11) is 3.62. The van der Waals surface area contributed by atoms with Crippen LogP contribution in [0.25, 0.3) is 0 Å². The Balaban J connectivity index is 0.000000701. The summed E-state index contributed by atoms with van der Waals surface area (Å²) in [5, 5.41) is 6.89. The fourth-order valence-electron chi connectivity index (χ4n) is 4.55. The number of carbonyl (C=O) groups is 1. The number of hydrogen-bond acceptors (Lipinski definition) is 4. The van der Waals surface area contributed by atoms with E-state index in [0.717, 1.165) is 12.3 Å². The van der Waals surface area contributed by atoms with Gasteiger partial charge in [0, 0.05) is 25.6 Å². The van der Waals surface area contributed by atoms with Crippen LogP contribution in [0.4, 0.5) is 0 Å². The summed E-state index contributed by atoms with van der Waals surface area (Å²) >= 11 is 0. The summed E-state index contributed by atoms with van der Waals surface area (Å²) in [6, 6.07) is 6.44. The molecule has 0 amide bonds. The molecule has 1 spiro atoms. The minimum atomic E-state index is -0.250. The van der Waals surface area contributed by atoms with E-state index >= 15 is 0 Å². The predicted octanol–water partition coefficient (Wildman–Crippen LogP) is 3.49. The lowest BCUT2D eigenvalue weighted by atomic mass is 9.76. The molecule has 0 bridgehead atoms. The van der Waals surface area contributed by atoms with Gasteiger partial charge in [-0.25, -0.2) is 0 Å². The Kier molecular flexibility index (Phi) is 7.26. The smallest absolute Gasteiger partial charge is 0.290 e. The third kappa shape index (κ3) is 4.73. The van der Waals surface area contributed by atoms with E-state index in [4.69, 9.17) is 19.4 Å². The molecule has 1 saturated heterocycles. The zero-order chi connectivity index (χ0) is 18.3. The maximum atomic E-state index is 8.36. The van der Waals surface area contributed by atoms with Gasteiger partial charge in [-0.2, -0.15) is 0 Å². The first kappa shape index (κ1) is 19.7. The van der Waals surface area contributed by atoms with Crippen LogP contribution < -0.4 is 4.74 Å². The van der Waals surface area contributed by atoms with Gasteiger partial charge < -0.3 is 14.6 Å². The van der Waals surface area contributed by atoms with Crippen molar-refractivity contribution >= 4 is 6.47 Å².